The second-order valence-electron chi connectivity index (χ2n) is 5.90. The van der Waals surface area contributed by atoms with E-state index in [2.05, 4.69) is 15.5 Å². The molecule has 3 rings (SSSR count). The first kappa shape index (κ1) is 18.8. The van der Waals surface area contributed by atoms with Crippen LogP contribution in [0.5, 0.6) is 11.6 Å². The summed E-state index contributed by atoms with van der Waals surface area (Å²) in [7, 11) is 0. The van der Waals surface area contributed by atoms with Crippen molar-refractivity contribution in [1.29, 1.82) is 0 Å². The van der Waals surface area contributed by atoms with Gasteiger partial charge in [0.15, 0.2) is 0 Å². The summed E-state index contributed by atoms with van der Waals surface area (Å²) in [6.45, 7) is 3.46. The number of benzene rings is 2. The van der Waals surface area contributed by atoms with E-state index in [0.29, 0.717) is 22.7 Å². The van der Waals surface area contributed by atoms with E-state index in [4.69, 9.17) is 4.74 Å². The summed E-state index contributed by atoms with van der Waals surface area (Å²) in [5.41, 5.74) is 2.10. The predicted molar refractivity (Wildman–Crippen MR) is 104 cm³/mol. The summed E-state index contributed by atoms with van der Waals surface area (Å²) in [5.74, 6) is -0.246. The molecule has 3 aromatic rings. The third-order valence-corrected chi connectivity index (χ3v) is 4.52. The van der Waals surface area contributed by atoms with Gasteiger partial charge in [0, 0.05) is 10.6 Å². The van der Waals surface area contributed by atoms with Crippen molar-refractivity contribution < 1.29 is 13.9 Å². The van der Waals surface area contributed by atoms with Crippen molar-refractivity contribution in [2.24, 2.45) is 0 Å². The Morgan fingerprint density at radius 3 is 2.67 bits per heavy atom. The standard InChI is InChI=1S/C20H18FN3O2S/c1-12-9-14(21)7-8-18(12)26-20-17(10-13(2)23-24-20)19(25)22-15-5-4-6-16(11-15)27-3/h4-11H,1-3H3,(H,22,25). The zero-order valence-corrected chi connectivity index (χ0v) is 15.9. The number of rotatable bonds is 5. The number of hydrogen-bond acceptors (Lipinski definition) is 5. The third kappa shape index (κ3) is 4.62. The summed E-state index contributed by atoms with van der Waals surface area (Å²) < 4.78 is 19.1. The Morgan fingerprint density at radius 2 is 1.93 bits per heavy atom. The summed E-state index contributed by atoms with van der Waals surface area (Å²) >= 11 is 1.59. The molecule has 138 valence electrons. The maximum atomic E-state index is 13.3. The van der Waals surface area contributed by atoms with Crippen molar-refractivity contribution in [3.05, 3.63) is 71.2 Å². The molecule has 0 aliphatic carbocycles. The van der Waals surface area contributed by atoms with E-state index in [1.54, 1.807) is 31.7 Å². The molecule has 0 saturated carbocycles. The molecule has 1 amide bonds. The van der Waals surface area contributed by atoms with Gasteiger partial charge in [-0.25, -0.2) is 4.39 Å². The fraction of sp³-hybridized carbons (Fsp3) is 0.150. The fourth-order valence-electron chi connectivity index (χ4n) is 2.45. The highest BCUT2D eigenvalue weighted by molar-refractivity contribution is 7.98. The quantitative estimate of drug-likeness (QED) is 0.628. The van der Waals surface area contributed by atoms with Crippen LogP contribution >= 0.6 is 11.8 Å². The van der Waals surface area contributed by atoms with Crippen LogP contribution in [-0.2, 0) is 0 Å². The molecule has 1 N–H and O–H groups in total. The maximum absolute atomic E-state index is 13.3. The highest BCUT2D eigenvalue weighted by Crippen LogP contribution is 2.27. The van der Waals surface area contributed by atoms with Gasteiger partial charge in [-0.2, -0.15) is 5.10 Å². The number of amides is 1. The molecule has 0 bridgehead atoms. The lowest BCUT2D eigenvalue weighted by Gasteiger charge is -2.12. The summed E-state index contributed by atoms with van der Waals surface area (Å²) in [4.78, 5) is 13.8. The summed E-state index contributed by atoms with van der Waals surface area (Å²) in [6, 6.07) is 13.3. The average molecular weight is 383 g/mol. The van der Waals surface area contributed by atoms with Gasteiger partial charge in [0.05, 0.1) is 5.69 Å². The molecule has 1 heterocycles. The average Bonchev–Trinajstić information content (AvgIpc) is 2.65. The Bertz CT molecular complexity index is 995. The predicted octanol–water partition coefficient (Wildman–Crippen LogP) is 5.00. The highest BCUT2D eigenvalue weighted by Gasteiger charge is 2.17. The van der Waals surface area contributed by atoms with Crippen LogP contribution in [0.1, 0.15) is 21.6 Å². The molecule has 0 atom stereocenters. The molecule has 0 saturated heterocycles. The Hall–Kier alpha value is -2.93. The fourth-order valence-corrected chi connectivity index (χ4v) is 2.91. The van der Waals surface area contributed by atoms with Crippen LogP contribution in [0.15, 0.2) is 53.4 Å². The minimum atomic E-state index is -0.360. The lowest BCUT2D eigenvalue weighted by molar-refractivity contribution is 0.102. The van der Waals surface area contributed by atoms with Gasteiger partial charge >= 0.3 is 0 Å². The number of aryl methyl sites for hydroxylation is 2. The number of nitrogens with zero attached hydrogens (tertiary/aromatic N) is 2. The van der Waals surface area contributed by atoms with E-state index in [1.165, 1.54) is 18.2 Å². The van der Waals surface area contributed by atoms with Gasteiger partial charge in [0.1, 0.15) is 17.1 Å². The number of anilines is 1. The molecule has 0 radical (unpaired) electrons. The molecule has 0 fully saturated rings. The van der Waals surface area contributed by atoms with E-state index >= 15 is 0 Å². The van der Waals surface area contributed by atoms with Crippen molar-refractivity contribution in [2.75, 3.05) is 11.6 Å². The second kappa shape index (κ2) is 8.18. The van der Waals surface area contributed by atoms with Gasteiger partial charge in [-0.15, -0.1) is 16.9 Å². The molecule has 0 spiro atoms. The van der Waals surface area contributed by atoms with Crippen LogP contribution < -0.4 is 10.1 Å². The first-order chi connectivity index (χ1) is 13.0. The van der Waals surface area contributed by atoms with Crippen LogP contribution in [0.3, 0.4) is 0 Å². The molecular formula is C20H18FN3O2S. The Balaban J connectivity index is 1.90. The molecule has 27 heavy (non-hydrogen) atoms. The van der Waals surface area contributed by atoms with Crippen molar-refractivity contribution in [1.82, 2.24) is 10.2 Å². The zero-order chi connectivity index (χ0) is 19.4. The second-order valence-corrected chi connectivity index (χ2v) is 6.78. The van der Waals surface area contributed by atoms with Crippen LogP contribution in [-0.4, -0.2) is 22.4 Å². The highest BCUT2D eigenvalue weighted by atomic mass is 32.2. The van der Waals surface area contributed by atoms with Crippen LogP contribution in [0.25, 0.3) is 0 Å². The van der Waals surface area contributed by atoms with Gasteiger partial charge in [-0.05, 0) is 68.1 Å². The Kier molecular flexibility index (Phi) is 5.71. The first-order valence-electron chi connectivity index (χ1n) is 8.20. The van der Waals surface area contributed by atoms with Crippen molar-refractivity contribution in [2.45, 2.75) is 18.7 Å². The summed E-state index contributed by atoms with van der Waals surface area (Å²) in [6.07, 6.45) is 1.97. The van der Waals surface area contributed by atoms with Crippen molar-refractivity contribution >= 4 is 23.4 Å². The van der Waals surface area contributed by atoms with E-state index in [0.717, 1.165) is 4.90 Å². The van der Waals surface area contributed by atoms with Crippen LogP contribution in [0, 0.1) is 19.7 Å². The van der Waals surface area contributed by atoms with E-state index in [1.807, 2.05) is 30.5 Å². The Morgan fingerprint density at radius 1 is 1.11 bits per heavy atom. The number of halogens is 1. The number of carbonyl (C=O) groups excluding carboxylic acids is 1. The number of aromatic nitrogens is 2. The van der Waals surface area contributed by atoms with Crippen LogP contribution in [0.4, 0.5) is 10.1 Å². The lowest BCUT2D eigenvalue weighted by Crippen LogP contribution is -2.15. The Labute approximate surface area is 161 Å². The molecule has 0 unspecified atom stereocenters. The van der Waals surface area contributed by atoms with E-state index in [9.17, 15) is 9.18 Å². The van der Waals surface area contributed by atoms with Gasteiger partial charge < -0.3 is 10.1 Å². The minimum Gasteiger partial charge on any atom is -0.437 e. The maximum Gasteiger partial charge on any atom is 0.261 e. The van der Waals surface area contributed by atoms with Gasteiger partial charge in [-0.1, -0.05) is 6.07 Å². The van der Waals surface area contributed by atoms with Crippen molar-refractivity contribution in [3.8, 4) is 11.6 Å². The van der Waals surface area contributed by atoms with Gasteiger partial charge in [0.2, 0.25) is 0 Å². The molecule has 7 heteroatoms. The molecule has 1 aromatic heterocycles. The number of ether oxygens (including phenoxy) is 1. The largest absolute Gasteiger partial charge is 0.437 e. The molecular weight excluding hydrogens is 365 g/mol. The topological polar surface area (TPSA) is 64.1 Å². The monoisotopic (exact) mass is 383 g/mol. The number of carbonyl (C=O) groups is 1. The lowest BCUT2D eigenvalue weighted by atomic mass is 10.2. The molecule has 2 aromatic carbocycles. The number of thioether (sulfide) groups is 1. The molecule has 0 aliphatic rings. The number of nitrogens with one attached hydrogen (secondary N) is 1. The summed E-state index contributed by atoms with van der Waals surface area (Å²) in [5, 5.41) is 10.8. The smallest absolute Gasteiger partial charge is 0.261 e. The van der Waals surface area contributed by atoms with Gasteiger partial charge in [0.25, 0.3) is 11.8 Å². The van der Waals surface area contributed by atoms with E-state index < -0.39 is 0 Å². The minimum absolute atomic E-state index is 0.0637. The first-order valence-corrected chi connectivity index (χ1v) is 9.42. The zero-order valence-electron chi connectivity index (χ0n) is 15.1. The molecule has 5 nitrogen and oxygen atoms in total. The van der Waals surface area contributed by atoms with E-state index in [-0.39, 0.29) is 23.2 Å². The normalized spacial score (nSPS) is 10.5. The van der Waals surface area contributed by atoms with Crippen LogP contribution in [0.2, 0.25) is 0 Å². The van der Waals surface area contributed by atoms with Crippen molar-refractivity contribution in [3.63, 3.8) is 0 Å². The SMILES string of the molecule is CSc1cccc(NC(=O)c2cc(C)nnc2Oc2ccc(F)cc2C)c1. The van der Waals surface area contributed by atoms with Gasteiger partial charge in [-0.3, -0.25) is 4.79 Å². The third-order valence-electron chi connectivity index (χ3n) is 3.80. The molecule has 0 aliphatic heterocycles. The number of hydrogen-bond donors (Lipinski definition) is 1.